The molecule has 1 amide bonds. The van der Waals surface area contributed by atoms with Gasteiger partial charge in [0.05, 0.1) is 17.8 Å². The third-order valence-electron chi connectivity index (χ3n) is 3.13. The molecule has 0 bridgehead atoms. The summed E-state index contributed by atoms with van der Waals surface area (Å²) >= 11 is 0. The highest BCUT2D eigenvalue weighted by molar-refractivity contribution is 5.92. The zero-order valence-electron chi connectivity index (χ0n) is 11.9. The summed E-state index contributed by atoms with van der Waals surface area (Å²) in [6.07, 6.45) is 0. The van der Waals surface area contributed by atoms with E-state index in [1.54, 1.807) is 19.1 Å². The molecule has 1 heterocycles. The first-order chi connectivity index (χ1) is 10.1. The topological polar surface area (TPSA) is 95.3 Å². The highest BCUT2D eigenvalue weighted by atomic mass is 16.4. The van der Waals surface area contributed by atoms with Gasteiger partial charge in [-0.1, -0.05) is 12.1 Å². The molecule has 0 saturated carbocycles. The standard InChI is InChI=1S/C15H16N4O2/c1-10-7-12(21-14(10)15(20)18-17)9-19(2)13-6-4-3-5-11(13)8-16/h3-7H,9,17H2,1-2H3,(H,18,20). The molecule has 3 N–H and O–H groups in total. The van der Waals surface area contributed by atoms with Crippen molar-refractivity contribution in [2.75, 3.05) is 11.9 Å². The number of nitrogens with two attached hydrogens (primary N) is 1. The van der Waals surface area contributed by atoms with Gasteiger partial charge in [0, 0.05) is 12.6 Å². The van der Waals surface area contributed by atoms with E-state index >= 15 is 0 Å². The molecule has 0 aliphatic carbocycles. The number of anilines is 1. The highest BCUT2D eigenvalue weighted by Crippen LogP contribution is 2.22. The van der Waals surface area contributed by atoms with Crippen LogP contribution in [0.25, 0.3) is 0 Å². The minimum atomic E-state index is -0.459. The van der Waals surface area contributed by atoms with Crippen LogP contribution in [-0.4, -0.2) is 13.0 Å². The highest BCUT2D eigenvalue weighted by Gasteiger charge is 2.16. The zero-order chi connectivity index (χ0) is 15.4. The second-order valence-electron chi connectivity index (χ2n) is 4.68. The number of hydrogen-bond acceptors (Lipinski definition) is 5. The number of hydrazine groups is 1. The van der Waals surface area contributed by atoms with Crippen molar-refractivity contribution in [1.29, 1.82) is 5.26 Å². The van der Waals surface area contributed by atoms with Gasteiger partial charge in [0.2, 0.25) is 0 Å². The smallest absolute Gasteiger partial charge is 0.301 e. The Morgan fingerprint density at radius 1 is 1.48 bits per heavy atom. The number of aryl methyl sites for hydroxylation is 1. The Morgan fingerprint density at radius 3 is 2.86 bits per heavy atom. The number of furan rings is 1. The number of nitrogen functional groups attached to an aromatic ring is 1. The van der Waals surface area contributed by atoms with Crippen LogP contribution < -0.4 is 16.2 Å². The molecule has 108 valence electrons. The van der Waals surface area contributed by atoms with Crippen molar-refractivity contribution in [2.24, 2.45) is 5.84 Å². The van der Waals surface area contributed by atoms with Crippen molar-refractivity contribution in [3.8, 4) is 6.07 Å². The summed E-state index contributed by atoms with van der Waals surface area (Å²) in [6.45, 7) is 2.22. The van der Waals surface area contributed by atoms with E-state index in [1.165, 1.54) is 0 Å². The molecule has 0 atom stereocenters. The lowest BCUT2D eigenvalue weighted by Crippen LogP contribution is -2.30. The third kappa shape index (κ3) is 3.04. The van der Waals surface area contributed by atoms with Gasteiger partial charge in [-0.25, -0.2) is 5.84 Å². The summed E-state index contributed by atoms with van der Waals surface area (Å²) in [5.74, 6) is 5.48. The Balaban J connectivity index is 2.22. The van der Waals surface area contributed by atoms with Gasteiger partial charge < -0.3 is 9.32 Å². The van der Waals surface area contributed by atoms with Crippen LogP contribution in [0.5, 0.6) is 0 Å². The van der Waals surface area contributed by atoms with E-state index in [2.05, 4.69) is 6.07 Å². The number of carbonyl (C=O) groups is 1. The molecule has 2 rings (SSSR count). The van der Waals surface area contributed by atoms with Crippen LogP contribution in [0.4, 0.5) is 5.69 Å². The molecular weight excluding hydrogens is 268 g/mol. The monoisotopic (exact) mass is 284 g/mol. The van der Waals surface area contributed by atoms with Gasteiger partial charge in [0.1, 0.15) is 11.8 Å². The Morgan fingerprint density at radius 2 is 2.19 bits per heavy atom. The molecule has 0 saturated heterocycles. The fourth-order valence-electron chi connectivity index (χ4n) is 2.14. The maximum absolute atomic E-state index is 11.5. The molecule has 0 aliphatic rings. The number of nitriles is 1. The van der Waals surface area contributed by atoms with Gasteiger partial charge in [-0.2, -0.15) is 5.26 Å². The number of rotatable bonds is 4. The predicted octanol–water partition coefficient (Wildman–Crippen LogP) is 1.70. The van der Waals surface area contributed by atoms with Gasteiger partial charge in [-0.15, -0.1) is 0 Å². The molecule has 0 fully saturated rings. The fourth-order valence-corrected chi connectivity index (χ4v) is 2.14. The van der Waals surface area contributed by atoms with Crippen molar-refractivity contribution < 1.29 is 9.21 Å². The molecular formula is C15H16N4O2. The first kappa shape index (κ1) is 14.6. The summed E-state index contributed by atoms with van der Waals surface area (Å²) in [4.78, 5) is 13.4. The first-order valence-corrected chi connectivity index (χ1v) is 6.37. The number of benzene rings is 1. The number of amides is 1. The van der Waals surface area contributed by atoms with E-state index in [9.17, 15) is 4.79 Å². The lowest BCUT2D eigenvalue weighted by Gasteiger charge is -2.18. The van der Waals surface area contributed by atoms with Crippen molar-refractivity contribution >= 4 is 11.6 Å². The first-order valence-electron chi connectivity index (χ1n) is 6.37. The Bertz CT molecular complexity index is 700. The summed E-state index contributed by atoms with van der Waals surface area (Å²) in [5.41, 5.74) is 4.16. The summed E-state index contributed by atoms with van der Waals surface area (Å²) < 4.78 is 5.52. The van der Waals surface area contributed by atoms with Crippen molar-refractivity contribution in [2.45, 2.75) is 13.5 Å². The van der Waals surface area contributed by atoms with Gasteiger partial charge in [-0.3, -0.25) is 10.2 Å². The fraction of sp³-hybridized carbons (Fsp3) is 0.200. The van der Waals surface area contributed by atoms with Gasteiger partial charge in [0.15, 0.2) is 5.76 Å². The SMILES string of the molecule is Cc1cc(CN(C)c2ccccc2C#N)oc1C(=O)NN. The largest absolute Gasteiger partial charge is 0.454 e. The molecule has 21 heavy (non-hydrogen) atoms. The Labute approximate surface area is 122 Å². The summed E-state index contributed by atoms with van der Waals surface area (Å²) in [5, 5.41) is 9.12. The number of para-hydroxylation sites is 1. The summed E-state index contributed by atoms with van der Waals surface area (Å²) in [7, 11) is 1.86. The molecule has 0 spiro atoms. The number of hydrogen-bond donors (Lipinski definition) is 2. The molecule has 2 aromatic rings. The summed E-state index contributed by atoms with van der Waals surface area (Å²) in [6, 6.07) is 11.2. The van der Waals surface area contributed by atoms with Crippen LogP contribution in [0.1, 0.15) is 27.4 Å². The van der Waals surface area contributed by atoms with Crippen LogP contribution in [0.2, 0.25) is 0 Å². The molecule has 0 unspecified atom stereocenters. The third-order valence-corrected chi connectivity index (χ3v) is 3.13. The lowest BCUT2D eigenvalue weighted by atomic mass is 10.2. The Hall–Kier alpha value is -2.78. The molecule has 6 nitrogen and oxygen atoms in total. The van der Waals surface area contributed by atoms with Gasteiger partial charge in [0.25, 0.3) is 0 Å². The molecule has 0 radical (unpaired) electrons. The molecule has 1 aromatic carbocycles. The number of nitrogens with one attached hydrogen (secondary N) is 1. The van der Waals surface area contributed by atoms with Crippen molar-refractivity contribution in [3.63, 3.8) is 0 Å². The molecule has 0 aliphatic heterocycles. The molecule has 6 heteroatoms. The maximum atomic E-state index is 11.5. The van der Waals surface area contributed by atoms with E-state index in [-0.39, 0.29) is 5.76 Å². The van der Waals surface area contributed by atoms with Crippen molar-refractivity contribution in [1.82, 2.24) is 5.43 Å². The Kier molecular flexibility index (Phi) is 4.26. The average molecular weight is 284 g/mol. The van der Waals surface area contributed by atoms with Crippen molar-refractivity contribution in [3.05, 3.63) is 53.0 Å². The second kappa shape index (κ2) is 6.11. The number of nitrogens with zero attached hydrogens (tertiary/aromatic N) is 2. The minimum absolute atomic E-state index is 0.203. The number of carbonyl (C=O) groups excluding carboxylic acids is 1. The molecule has 1 aromatic heterocycles. The van der Waals surface area contributed by atoms with E-state index in [1.807, 2.05) is 35.6 Å². The maximum Gasteiger partial charge on any atom is 0.301 e. The van der Waals surface area contributed by atoms with E-state index in [0.29, 0.717) is 17.9 Å². The van der Waals surface area contributed by atoms with E-state index in [0.717, 1.165) is 11.3 Å². The van der Waals surface area contributed by atoms with Crippen LogP contribution >= 0.6 is 0 Å². The van der Waals surface area contributed by atoms with E-state index < -0.39 is 5.91 Å². The minimum Gasteiger partial charge on any atom is -0.454 e. The quantitative estimate of drug-likeness (QED) is 0.506. The lowest BCUT2D eigenvalue weighted by molar-refractivity contribution is 0.0923. The predicted molar refractivity (Wildman–Crippen MR) is 78.4 cm³/mol. The second-order valence-corrected chi connectivity index (χ2v) is 4.68. The van der Waals surface area contributed by atoms with Crippen LogP contribution in [0.15, 0.2) is 34.7 Å². The van der Waals surface area contributed by atoms with Crippen LogP contribution in [0, 0.1) is 18.3 Å². The average Bonchev–Trinajstić information content (AvgIpc) is 2.86. The zero-order valence-corrected chi connectivity index (χ0v) is 11.9. The van der Waals surface area contributed by atoms with Crippen LogP contribution in [0.3, 0.4) is 0 Å². The van der Waals surface area contributed by atoms with Gasteiger partial charge in [-0.05, 0) is 25.1 Å². The normalized spacial score (nSPS) is 10.0. The van der Waals surface area contributed by atoms with Gasteiger partial charge >= 0.3 is 5.91 Å². The van der Waals surface area contributed by atoms with E-state index in [4.69, 9.17) is 15.5 Å². The van der Waals surface area contributed by atoms with Crippen LogP contribution in [-0.2, 0) is 6.54 Å².